The molecule has 0 aliphatic heterocycles. The summed E-state index contributed by atoms with van der Waals surface area (Å²) in [6, 6.07) is 30.9. The minimum absolute atomic E-state index is 0.954. The molecule has 3 aromatic carbocycles. The Hall–Kier alpha value is -2.34. The van der Waals surface area contributed by atoms with Gasteiger partial charge in [0.05, 0.1) is 4.48 Å². The van der Waals surface area contributed by atoms with Crippen molar-refractivity contribution in [2.75, 3.05) is 0 Å². The molecule has 106 valence electrons. The van der Waals surface area contributed by atoms with Crippen LogP contribution in [-0.4, -0.2) is 0 Å². The summed E-state index contributed by atoms with van der Waals surface area (Å²) in [5.41, 5.74) is 8.02. The van der Waals surface area contributed by atoms with E-state index in [2.05, 4.69) is 82.3 Å². The first-order valence-corrected chi connectivity index (χ1v) is 7.96. The summed E-state index contributed by atoms with van der Waals surface area (Å²) in [4.78, 5) is 0. The third-order valence-corrected chi connectivity index (χ3v) is 4.04. The molecule has 0 N–H and O–H groups in total. The second-order valence-corrected chi connectivity index (χ2v) is 5.71. The second kappa shape index (κ2) is 7.09. The molecule has 0 aromatic heterocycles. The molecule has 22 heavy (non-hydrogen) atoms. The molecule has 0 saturated heterocycles. The van der Waals surface area contributed by atoms with Crippen LogP contribution < -0.4 is 0 Å². The molecule has 0 nitrogen and oxygen atoms in total. The van der Waals surface area contributed by atoms with E-state index in [0.29, 0.717) is 0 Å². The first-order valence-electron chi connectivity index (χ1n) is 7.17. The van der Waals surface area contributed by atoms with Crippen molar-refractivity contribution in [2.45, 2.75) is 0 Å². The van der Waals surface area contributed by atoms with Crippen LogP contribution >= 0.6 is 15.9 Å². The van der Waals surface area contributed by atoms with E-state index in [1.54, 1.807) is 0 Å². The maximum atomic E-state index is 3.67. The monoisotopic (exact) mass is 346 g/mol. The Morgan fingerprint density at radius 1 is 0.545 bits per heavy atom. The average molecular weight is 347 g/mol. The number of benzene rings is 3. The Bertz CT molecular complexity index is 755. The quantitative estimate of drug-likeness (QED) is 0.498. The zero-order valence-electron chi connectivity index (χ0n) is 12.0. The highest BCUT2D eigenvalue weighted by Crippen LogP contribution is 2.26. The van der Waals surface area contributed by atoms with Crippen LogP contribution in [0.15, 0.2) is 96.7 Å². The summed E-state index contributed by atoms with van der Waals surface area (Å²) in [6.07, 6.45) is 0. The van der Waals surface area contributed by atoms with Gasteiger partial charge in [0, 0.05) is 5.57 Å². The van der Waals surface area contributed by atoms with Crippen LogP contribution in [-0.2, 0) is 0 Å². The molecule has 1 heteroatoms. The van der Waals surface area contributed by atoms with E-state index < -0.39 is 0 Å². The highest BCUT2D eigenvalue weighted by molar-refractivity contribution is 9.15. The summed E-state index contributed by atoms with van der Waals surface area (Å²) in [6.45, 7) is 0. The van der Waals surface area contributed by atoms with Crippen LogP contribution in [0.4, 0.5) is 0 Å². The van der Waals surface area contributed by atoms with Gasteiger partial charge in [-0.15, -0.1) is 0 Å². The summed E-state index contributed by atoms with van der Waals surface area (Å²) in [7, 11) is 0. The fraction of sp³-hybridized carbons (Fsp3) is 0. The molecule has 0 saturated carbocycles. The minimum Gasteiger partial charge on any atom is -0.0955 e. The zero-order chi connectivity index (χ0) is 15.2. The molecule has 0 amide bonds. The molecule has 0 atom stereocenters. The summed E-state index contributed by atoms with van der Waals surface area (Å²) in [5, 5.41) is 0. The van der Waals surface area contributed by atoms with Gasteiger partial charge in [-0.3, -0.25) is 0 Å². The van der Waals surface area contributed by atoms with Crippen molar-refractivity contribution < 1.29 is 0 Å². The van der Waals surface area contributed by atoms with Gasteiger partial charge < -0.3 is 0 Å². The third-order valence-electron chi connectivity index (χ3n) is 3.39. The highest BCUT2D eigenvalue weighted by Gasteiger charge is 2.04. The van der Waals surface area contributed by atoms with Gasteiger partial charge in [-0.25, -0.2) is 0 Å². The number of halogens is 1. The largest absolute Gasteiger partial charge is 0.0955 e. The lowest BCUT2D eigenvalue weighted by atomic mass is 9.98. The molecular formula is C21H15Br. The molecule has 0 heterocycles. The summed E-state index contributed by atoms with van der Waals surface area (Å²) < 4.78 is 0.954. The van der Waals surface area contributed by atoms with E-state index in [4.69, 9.17) is 0 Å². The van der Waals surface area contributed by atoms with E-state index in [1.165, 1.54) is 0 Å². The molecule has 0 spiro atoms. The lowest BCUT2D eigenvalue weighted by Gasteiger charge is -2.06. The van der Waals surface area contributed by atoms with Crippen molar-refractivity contribution in [3.8, 4) is 0 Å². The Labute approximate surface area is 139 Å². The lowest BCUT2D eigenvalue weighted by molar-refractivity contribution is 1.55. The van der Waals surface area contributed by atoms with E-state index in [1.807, 2.05) is 30.3 Å². The van der Waals surface area contributed by atoms with E-state index in [0.717, 1.165) is 26.7 Å². The number of hydrogen-bond acceptors (Lipinski definition) is 0. The van der Waals surface area contributed by atoms with Crippen molar-refractivity contribution in [1.29, 1.82) is 0 Å². The number of rotatable bonds is 3. The summed E-state index contributed by atoms with van der Waals surface area (Å²) >= 11 is 3.67. The van der Waals surface area contributed by atoms with Gasteiger partial charge in [-0.05, 0) is 32.6 Å². The molecule has 0 aliphatic carbocycles. The topological polar surface area (TPSA) is 0 Å². The van der Waals surface area contributed by atoms with Gasteiger partial charge in [0.1, 0.15) is 0 Å². The van der Waals surface area contributed by atoms with Crippen LogP contribution in [0.1, 0.15) is 16.7 Å². The SMILES string of the molecule is BrC(=C=C(c1ccccc1)c1ccccc1)c1ccccc1. The fourth-order valence-electron chi connectivity index (χ4n) is 2.29. The fourth-order valence-corrected chi connectivity index (χ4v) is 2.75. The minimum atomic E-state index is 0.954. The zero-order valence-corrected chi connectivity index (χ0v) is 13.6. The van der Waals surface area contributed by atoms with Crippen molar-refractivity contribution in [3.05, 3.63) is 113 Å². The van der Waals surface area contributed by atoms with E-state index in [-0.39, 0.29) is 0 Å². The van der Waals surface area contributed by atoms with Gasteiger partial charge in [0.2, 0.25) is 0 Å². The van der Waals surface area contributed by atoms with Gasteiger partial charge in [0.25, 0.3) is 0 Å². The average Bonchev–Trinajstić information content (AvgIpc) is 2.62. The maximum Gasteiger partial charge on any atom is 0.0672 e. The lowest BCUT2D eigenvalue weighted by Crippen LogP contribution is -1.86. The number of hydrogen-bond donors (Lipinski definition) is 0. The van der Waals surface area contributed by atoms with Crippen molar-refractivity contribution >= 4 is 26.0 Å². The van der Waals surface area contributed by atoms with Crippen molar-refractivity contribution in [2.24, 2.45) is 0 Å². The van der Waals surface area contributed by atoms with E-state index >= 15 is 0 Å². The van der Waals surface area contributed by atoms with Gasteiger partial charge >= 0.3 is 0 Å². The highest BCUT2D eigenvalue weighted by atomic mass is 79.9. The van der Waals surface area contributed by atoms with Crippen molar-refractivity contribution in [3.63, 3.8) is 0 Å². The Morgan fingerprint density at radius 2 is 0.909 bits per heavy atom. The van der Waals surface area contributed by atoms with Crippen LogP contribution in [0, 0.1) is 0 Å². The van der Waals surface area contributed by atoms with E-state index in [9.17, 15) is 0 Å². The van der Waals surface area contributed by atoms with Gasteiger partial charge in [-0.2, -0.15) is 0 Å². The van der Waals surface area contributed by atoms with Crippen LogP contribution in [0.2, 0.25) is 0 Å². The predicted molar refractivity (Wildman–Crippen MR) is 97.7 cm³/mol. The maximum absolute atomic E-state index is 3.67. The first kappa shape index (κ1) is 14.6. The second-order valence-electron chi connectivity index (χ2n) is 4.91. The Balaban J connectivity index is 2.20. The molecule has 0 bridgehead atoms. The Morgan fingerprint density at radius 3 is 1.32 bits per heavy atom. The molecule has 0 aliphatic rings. The molecular weight excluding hydrogens is 332 g/mol. The van der Waals surface area contributed by atoms with Crippen LogP contribution in [0.3, 0.4) is 0 Å². The third kappa shape index (κ3) is 3.46. The molecule has 3 aromatic rings. The van der Waals surface area contributed by atoms with Crippen LogP contribution in [0.25, 0.3) is 10.1 Å². The first-order chi connectivity index (χ1) is 10.8. The molecule has 0 radical (unpaired) electrons. The standard InChI is InChI=1S/C21H15Br/c22-21(19-14-8-3-9-15-19)16-20(17-10-4-1-5-11-17)18-12-6-2-7-13-18/h1-15H. The van der Waals surface area contributed by atoms with Crippen molar-refractivity contribution in [1.82, 2.24) is 0 Å². The van der Waals surface area contributed by atoms with Gasteiger partial charge in [0.15, 0.2) is 0 Å². The summed E-state index contributed by atoms with van der Waals surface area (Å²) in [5.74, 6) is 0. The van der Waals surface area contributed by atoms with Crippen LogP contribution in [0.5, 0.6) is 0 Å². The van der Waals surface area contributed by atoms with Gasteiger partial charge in [-0.1, -0.05) is 96.7 Å². The Kier molecular flexibility index (Phi) is 4.70. The normalized spacial score (nSPS) is 9.86. The molecule has 0 fully saturated rings. The smallest absolute Gasteiger partial charge is 0.0672 e. The molecule has 3 rings (SSSR count). The molecule has 0 unspecified atom stereocenters. The predicted octanol–water partition coefficient (Wildman–Crippen LogP) is 6.15.